The maximum atomic E-state index is 13.8. The van der Waals surface area contributed by atoms with E-state index in [2.05, 4.69) is 15.4 Å². The van der Waals surface area contributed by atoms with Gasteiger partial charge in [0.1, 0.15) is 5.82 Å². The summed E-state index contributed by atoms with van der Waals surface area (Å²) in [6.07, 6.45) is 4.57. The Hall–Kier alpha value is -2.54. The molecule has 1 fully saturated rings. The summed E-state index contributed by atoms with van der Waals surface area (Å²) < 4.78 is 15.5. The van der Waals surface area contributed by atoms with Crippen molar-refractivity contribution in [3.63, 3.8) is 0 Å². The molecule has 1 aliphatic carbocycles. The first-order valence-electron chi connectivity index (χ1n) is 7.61. The molecule has 1 amide bonds. The minimum absolute atomic E-state index is 0.0433. The average Bonchev–Trinajstić information content (AvgIpc) is 3.04. The molecule has 2 heterocycles. The van der Waals surface area contributed by atoms with Gasteiger partial charge in [-0.1, -0.05) is 12.1 Å². The maximum absolute atomic E-state index is 13.8. The van der Waals surface area contributed by atoms with E-state index >= 15 is 0 Å². The first-order valence-corrected chi connectivity index (χ1v) is 8.49. The van der Waals surface area contributed by atoms with Crippen LogP contribution >= 0.6 is 11.3 Å². The van der Waals surface area contributed by atoms with Crippen molar-refractivity contribution in [3.05, 3.63) is 53.4 Å². The molecule has 3 aromatic rings. The van der Waals surface area contributed by atoms with Crippen molar-refractivity contribution in [3.8, 4) is 11.3 Å². The third kappa shape index (κ3) is 2.82. The Morgan fingerprint density at radius 2 is 2.25 bits per heavy atom. The standard InChI is InChI=1S/C17H15FN4OS/c1-22-8-10(7-19-22)12-6-13(12)16(23)21-17-20-15(9-24-17)11-4-2-3-5-14(11)18/h2-5,7-9,12-13H,6H2,1H3,(H,20,21,23). The highest BCUT2D eigenvalue weighted by Crippen LogP contribution is 2.48. The van der Waals surface area contributed by atoms with Crippen molar-refractivity contribution in [1.29, 1.82) is 0 Å². The highest BCUT2D eigenvalue weighted by Gasteiger charge is 2.44. The number of amides is 1. The van der Waals surface area contributed by atoms with Crippen LogP contribution in [0.1, 0.15) is 17.9 Å². The van der Waals surface area contributed by atoms with E-state index < -0.39 is 0 Å². The van der Waals surface area contributed by atoms with Gasteiger partial charge in [-0.2, -0.15) is 5.10 Å². The predicted octanol–water partition coefficient (Wildman–Crippen LogP) is 3.42. The number of halogens is 1. The highest BCUT2D eigenvalue weighted by atomic mass is 32.1. The van der Waals surface area contributed by atoms with Crippen LogP contribution in [0, 0.1) is 11.7 Å². The molecule has 1 saturated carbocycles. The average molecular weight is 342 g/mol. The first-order chi connectivity index (χ1) is 11.6. The molecule has 122 valence electrons. The number of aryl methyl sites for hydroxylation is 1. The van der Waals surface area contributed by atoms with Crippen molar-refractivity contribution in [2.45, 2.75) is 12.3 Å². The summed E-state index contributed by atoms with van der Waals surface area (Å²) >= 11 is 1.30. The molecule has 2 unspecified atom stereocenters. The van der Waals surface area contributed by atoms with E-state index in [1.807, 2.05) is 13.2 Å². The summed E-state index contributed by atoms with van der Waals surface area (Å²) in [4.78, 5) is 16.7. The number of anilines is 1. The van der Waals surface area contributed by atoms with Gasteiger partial charge >= 0.3 is 0 Å². The van der Waals surface area contributed by atoms with Crippen LogP contribution < -0.4 is 5.32 Å². The molecule has 0 spiro atoms. The Labute approximate surface area is 142 Å². The van der Waals surface area contributed by atoms with Crippen LogP contribution in [-0.2, 0) is 11.8 Å². The molecule has 4 rings (SSSR count). The van der Waals surface area contributed by atoms with E-state index in [-0.39, 0.29) is 23.6 Å². The fourth-order valence-electron chi connectivity index (χ4n) is 2.81. The van der Waals surface area contributed by atoms with Crippen molar-refractivity contribution < 1.29 is 9.18 Å². The van der Waals surface area contributed by atoms with Crippen LogP contribution in [0.25, 0.3) is 11.3 Å². The summed E-state index contributed by atoms with van der Waals surface area (Å²) in [7, 11) is 1.86. The van der Waals surface area contributed by atoms with Crippen molar-refractivity contribution >= 4 is 22.4 Å². The van der Waals surface area contributed by atoms with Crippen LogP contribution in [0.15, 0.2) is 42.0 Å². The molecule has 5 nitrogen and oxygen atoms in total. The lowest BCUT2D eigenvalue weighted by molar-refractivity contribution is -0.117. The van der Waals surface area contributed by atoms with E-state index in [1.54, 1.807) is 34.5 Å². The summed E-state index contributed by atoms with van der Waals surface area (Å²) in [6.45, 7) is 0. The lowest BCUT2D eigenvalue weighted by Gasteiger charge is -2.00. The number of nitrogens with zero attached hydrogens (tertiary/aromatic N) is 3. The van der Waals surface area contributed by atoms with Gasteiger partial charge in [-0.05, 0) is 30.0 Å². The molecule has 1 aromatic carbocycles. The third-order valence-electron chi connectivity index (χ3n) is 4.16. The van der Waals surface area contributed by atoms with Gasteiger partial charge in [0, 0.05) is 30.1 Å². The number of benzene rings is 1. The topological polar surface area (TPSA) is 59.8 Å². The molecule has 1 aliphatic rings. The van der Waals surface area contributed by atoms with Gasteiger partial charge in [-0.3, -0.25) is 9.48 Å². The van der Waals surface area contributed by atoms with Crippen LogP contribution in [-0.4, -0.2) is 20.7 Å². The smallest absolute Gasteiger partial charge is 0.229 e. The zero-order valence-electron chi connectivity index (χ0n) is 12.9. The second kappa shape index (κ2) is 5.83. The molecular formula is C17H15FN4OS. The second-order valence-corrected chi connectivity index (χ2v) is 6.76. The van der Waals surface area contributed by atoms with Gasteiger partial charge in [0.2, 0.25) is 5.91 Å². The van der Waals surface area contributed by atoms with Crippen LogP contribution in [0.4, 0.5) is 9.52 Å². The van der Waals surface area contributed by atoms with Gasteiger partial charge < -0.3 is 5.32 Å². The highest BCUT2D eigenvalue weighted by molar-refractivity contribution is 7.14. The van der Waals surface area contributed by atoms with Crippen molar-refractivity contribution in [2.24, 2.45) is 13.0 Å². The number of thiazole rings is 1. The van der Waals surface area contributed by atoms with Crippen LogP contribution in [0.3, 0.4) is 0 Å². The molecule has 1 N–H and O–H groups in total. The van der Waals surface area contributed by atoms with Crippen LogP contribution in [0.5, 0.6) is 0 Å². The Balaban J connectivity index is 1.43. The molecule has 0 aliphatic heterocycles. The van der Waals surface area contributed by atoms with Gasteiger partial charge in [0.25, 0.3) is 0 Å². The van der Waals surface area contributed by atoms with E-state index in [9.17, 15) is 9.18 Å². The zero-order valence-corrected chi connectivity index (χ0v) is 13.8. The van der Waals surface area contributed by atoms with E-state index in [4.69, 9.17) is 0 Å². The number of hydrogen-bond acceptors (Lipinski definition) is 4. The molecule has 2 aromatic heterocycles. The number of aromatic nitrogens is 3. The van der Waals surface area contributed by atoms with Gasteiger partial charge in [-0.15, -0.1) is 11.3 Å². The largest absolute Gasteiger partial charge is 0.302 e. The number of rotatable bonds is 4. The Morgan fingerprint density at radius 1 is 1.42 bits per heavy atom. The molecule has 0 radical (unpaired) electrons. The minimum Gasteiger partial charge on any atom is -0.302 e. The first kappa shape index (κ1) is 15.0. The quantitative estimate of drug-likeness (QED) is 0.790. The molecule has 24 heavy (non-hydrogen) atoms. The Kier molecular flexibility index (Phi) is 3.65. The maximum Gasteiger partial charge on any atom is 0.229 e. The third-order valence-corrected chi connectivity index (χ3v) is 4.92. The molecule has 0 bridgehead atoms. The normalized spacial score (nSPS) is 19.2. The van der Waals surface area contributed by atoms with Crippen LogP contribution in [0.2, 0.25) is 0 Å². The number of carbonyl (C=O) groups is 1. The van der Waals surface area contributed by atoms with E-state index in [0.717, 1.165) is 12.0 Å². The zero-order chi connectivity index (χ0) is 16.7. The Morgan fingerprint density at radius 3 is 3.00 bits per heavy atom. The van der Waals surface area contributed by atoms with E-state index in [0.29, 0.717) is 16.4 Å². The number of hydrogen-bond donors (Lipinski definition) is 1. The fraction of sp³-hybridized carbons (Fsp3) is 0.235. The second-order valence-electron chi connectivity index (χ2n) is 5.90. The van der Waals surface area contributed by atoms with E-state index in [1.165, 1.54) is 17.4 Å². The summed E-state index contributed by atoms with van der Waals surface area (Å²) in [5, 5.41) is 9.22. The monoisotopic (exact) mass is 342 g/mol. The van der Waals surface area contributed by atoms with Crippen molar-refractivity contribution in [1.82, 2.24) is 14.8 Å². The lowest BCUT2D eigenvalue weighted by Crippen LogP contribution is -2.14. The Bertz CT molecular complexity index is 903. The summed E-state index contributed by atoms with van der Waals surface area (Å²) in [5.74, 6) is -0.183. The van der Waals surface area contributed by atoms with Gasteiger partial charge in [0.05, 0.1) is 11.9 Å². The number of carbonyl (C=O) groups excluding carboxylic acids is 1. The van der Waals surface area contributed by atoms with Gasteiger partial charge in [0.15, 0.2) is 5.13 Å². The molecular weight excluding hydrogens is 327 g/mol. The predicted molar refractivity (Wildman–Crippen MR) is 90.2 cm³/mol. The molecule has 7 heteroatoms. The van der Waals surface area contributed by atoms with Crippen molar-refractivity contribution in [2.75, 3.05) is 5.32 Å². The summed E-state index contributed by atoms with van der Waals surface area (Å²) in [6, 6.07) is 6.48. The number of nitrogens with one attached hydrogen (secondary N) is 1. The SMILES string of the molecule is Cn1cc(C2CC2C(=O)Nc2nc(-c3ccccc3F)cs2)cn1. The minimum atomic E-state index is -0.320. The lowest BCUT2D eigenvalue weighted by atomic mass is 10.2. The van der Waals surface area contributed by atoms with Gasteiger partial charge in [-0.25, -0.2) is 9.37 Å². The summed E-state index contributed by atoms with van der Waals surface area (Å²) in [5.41, 5.74) is 2.06. The molecule has 0 saturated heterocycles. The molecule has 2 atom stereocenters. The fourth-order valence-corrected chi connectivity index (χ4v) is 3.52.